The molecule has 0 atom stereocenters. The lowest BCUT2D eigenvalue weighted by molar-refractivity contribution is 0.659. The van der Waals surface area contributed by atoms with Gasteiger partial charge in [-0.25, -0.2) is 0 Å². The molecular weight excluding hydrogens is 160 g/mol. The monoisotopic (exact) mass is 170 g/mol. The van der Waals surface area contributed by atoms with Crippen LogP contribution < -0.4 is 10.6 Å². The SMILES string of the molecule is S=C1NCCN1C1=NCCN1. The predicted octanol–water partition coefficient (Wildman–Crippen LogP) is -0.864. The molecule has 0 saturated carbocycles. The molecule has 0 unspecified atom stereocenters. The Labute approximate surface area is 70.7 Å². The summed E-state index contributed by atoms with van der Waals surface area (Å²) in [5.41, 5.74) is 0. The van der Waals surface area contributed by atoms with E-state index in [1.807, 2.05) is 4.90 Å². The highest BCUT2D eigenvalue weighted by molar-refractivity contribution is 7.80. The summed E-state index contributed by atoms with van der Waals surface area (Å²) in [6, 6.07) is 0. The number of thiocarbonyl (C=S) groups is 1. The van der Waals surface area contributed by atoms with Crippen LogP contribution in [0.3, 0.4) is 0 Å². The fraction of sp³-hybridized carbons (Fsp3) is 0.667. The maximum atomic E-state index is 5.07. The Balaban J connectivity index is 2.08. The average Bonchev–Trinajstić information content (AvgIpc) is 2.55. The largest absolute Gasteiger partial charge is 0.360 e. The third-order valence-electron chi connectivity index (χ3n) is 1.77. The first-order chi connectivity index (χ1) is 5.38. The molecular formula is C6H10N4S. The van der Waals surface area contributed by atoms with E-state index >= 15 is 0 Å². The van der Waals surface area contributed by atoms with Gasteiger partial charge in [0.05, 0.1) is 6.54 Å². The van der Waals surface area contributed by atoms with E-state index in [9.17, 15) is 0 Å². The molecule has 2 aliphatic heterocycles. The molecule has 0 aromatic heterocycles. The summed E-state index contributed by atoms with van der Waals surface area (Å²) in [6.45, 7) is 3.67. The summed E-state index contributed by atoms with van der Waals surface area (Å²) >= 11 is 5.07. The van der Waals surface area contributed by atoms with Crippen LogP contribution in [0.2, 0.25) is 0 Å². The highest BCUT2D eigenvalue weighted by atomic mass is 32.1. The van der Waals surface area contributed by atoms with Crippen molar-refractivity contribution >= 4 is 23.3 Å². The first-order valence-electron chi connectivity index (χ1n) is 3.71. The van der Waals surface area contributed by atoms with Crippen molar-refractivity contribution < 1.29 is 0 Å². The highest BCUT2D eigenvalue weighted by Gasteiger charge is 2.22. The molecule has 0 aromatic carbocycles. The first kappa shape index (κ1) is 6.84. The molecule has 5 heteroatoms. The van der Waals surface area contributed by atoms with Gasteiger partial charge in [-0.05, 0) is 12.2 Å². The van der Waals surface area contributed by atoms with Crippen LogP contribution in [0.15, 0.2) is 4.99 Å². The van der Waals surface area contributed by atoms with Crippen molar-refractivity contribution in [2.24, 2.45) is 4.99 Å². The highest BCUT2D eigenvalue weighted by Crippen LogP contribution is 2.00. The summed E-state index contributed by atoms with van der Waals surface area (Å²) in [7, 11) is 0. The molecule has 1 saturated heterocycles. The van der Waals surface area contributed by atoms with Crippen LogP contribution in [0.5, 0.6) is 0 Å². The Morgan fingerprint density at radius 1 is 1.36 bits per heavy atom. The molecule has 2 heterocycles. The number of hydrogen-bond donors (Lipinski definition) is 2. The maximum absolute atomic E-state index is 5.07. The third-order valence-corrected chi connectivity index (χ3v) is 2.13. The molecule has 2 aliphatic rings. The molecule has 1 fully saturated rings. The average molecular weight is 170 g/mol. The van der Waals surface area contributed by atoms with Gasteiger partial charge in [0.2, 0.25) is 0 Å². The summed E-state index contributed by atoms with van der Waals surface area (Å²) in [5.74, 6) is 0.931. The summed E-state index contributed by atoms with van der Waals surface area (Å²) < 4.78 is 0. The maximum Gasteiger partial charge on any atom is 0.200 e. The molecule has 2 N–H and O–H groups in total. The van der Waals surface area contributed by atoms with Crippen molar-refractivity contribution in [3.8, 4) is 0 Å². The first-order valence-corrected chi connectivity index (χ1v) is 4.12. The van der Waals surface area contributed by atoms with E-state index in [1.165, 1.54) is 0 Å². The van der Waals surface area contributed by atoms with Gasteiger partial charge in [-0.1, -0.05) is 0 Å². The van der Waals surface area contributed by atoms with E-state index in [2.05, 4.69) is 15.6 Å². The second-order valence-electron chi connectivity index (χ2n) is 2.52. The van der Waals surface area contributed by atoms with E-state index in [0.717, 1.165) is 37.3 Å². The number of hydrogen-bond acceptors (Lipinski definition) is 3. The van der Waals surface area contributed by atoms with Crippen molar-refractivity contribution in [1.82, 2.24) is 15.5 Å². The summed E-state index contributed by atoms with van der Waals surface area (Å²) in [5, 5.41) is 7.05. The van der Waals surface area contributed by atoms with Crippen LogP contribution in [-0.2, 0) is 0 Å². The van der Waals surface area contributed by atoms with Crippen LogP contribution in [0.1, 0.15) is 0 Å². The summed E-state index contributed by atoms with van der Waals surface area (Å²) in [6.07, 6.45) is 0. The van der Waals surface area contributed by atoms with Crippen molar-refractivity contribution in [2.75, 3.05) is 26.2 Å². The van der Waals surface area contributed by atoms with E-state index in [0.29, 0.717) is 0 Å². The molecule has 0 amide bonds. The predicted molar refractivity (Wildman–Crippen MR) is 47.6 cm³/mol. The van der Waals surface area contributed by atoms with Crippen LogP contribution in [0.4, 0.5) is 0 Å². The molecule has 2 rings (SSSR count). The van der Waals surface area contributed by atoms with Crippen molar-refractivity contribution in [1.29, 1.82) is 0 Å². The van der Waals surface area contributed by atoms with Crippen LogP contribution in [-0.4, -0.2) is 42.2 Å². The Morgan fingerprint density at radius 3 is 2.82 bits per heavy atom. The van der Waals surface area contributed by atoms with E-state index in [-0.39, 0.29) is 0 Å². The van der Waals surface area contributed by atoms with Gasteiger partial charge in [-0.2, -0.15) is 0 Å². The fourth-order valence-electron chi connectivity index (χ4n) is 1.24. The minimum Gasteiger partial charge on any atom is -0.360 e. The molecule has 60 valence electrons. The van der Waals surface area contributed by atoms with Gasteiger partial charge in [0.1, 0.15) is 0 Å². The fourth-order valence-corrected chi connectivity index (χ4v) is 1.52. The lowest BCUT2D eigenvalue weighted by Gasteiger charge is -2.15. The Hall–Kier alpha value is -0.840. The van der Waals surface area contributed by atoms with Crippen molar-refractivity contribution in [2.45, 2.75) is 0 Å². The zero-order valence-corrected chi connectivity index (χ0v) is 6.95. The number of nitrogens with zero attached hydrogens (tertiary/aromatic N) is 2. The van der Waals surface area contributed by atoms with Gasteiger partial charge in [0, 0.05) is 19.6 Å². The smallest absolute Gasteiger partial charge is 0.200 e. The third kappa shape index (κ3) is 1.16. The second-order valence-corrected chi connectivity index (χ2v) is 2.90. The zero-order valence-electron chi connectivity index (χ0n) is 6.13. The zero-order chi connectivity index (χ0) is 7.68. The lowest BCUT2D eigenvalue weighted by atomic mass is 10.6. The number of nitrogens with one attached hydrogen (secondary N) is 2. The molecule has 0 spiro atoms. The van der Waals surface area contributed by atoms with E-state index < -0.39 is 0 Å². The number of aliphatic imine (C=N–C) groups is 1. The van der Waals surface area contributed by atoms with Gasteiger partial charge in [0.25, 0.3) is 0 Å². The van der Waals surface area contributed by atoms with Gasteiger partial charge in [-0.15, -0.1) is 0 Å². The van der Waals surface area contributed by atoms with Gasteiger partial charge >= 0.3 is 0 Å². The number of rotatable bonds is 0. The molecule has 0 bridgehead atoms. The molecule has 4 nitrogen and oxygen atoms in total. The normalized spacial score (nSPS) is 23.1. The van der Waals surface area contributed by atoms with Crippen LogP contribution in [0, 0.1) is 0 Å². The Kier molecular flexibility index (Phi) is 1.65. The van der Waals surface area contributed by atoms with Gasteiger partial charge in [0.15, 0.2) is 11.1 Å². The van der Waals surface area contributed by atoms with E-state index in [4.69, 9.17) is 12.2 Å². The van der Waals surface area contributed by atoms with Gasteiger partial charge < -0.3 is 10.6 Å². The number of guanidine groups is 1. The summed E-state index contributed by atoms with van der Waals surface area (Å²) in [4.78, 5) is 6.27. The molecule has 0 aliphatic carbocycles. The second kappa shape index (κ2) is 2.65. The Bertz CT molecular complexity index is 213. The van der Waals surface area contributed by atoms with E-state index in [1.54, 1.807) is 0 Å². The lowest BCUT2D eigenvalue weighted by Crippen LogP contribution is -2.40. The van der Waals surface area contributed by atoms with Crippen LogP contribution >= 0.6 is 12.2 Å². The minimum atomic E-state index is 0.790. The van der Waals surface area contributed by atoms with Crippen molar-refractivity contribution in [3.63, 3.8) is 0 Å². The Morgan fingerprint density at radius 2 is 2.27 bits per heavy atom. The molecule has 0 aromatic rings. The molecule has 11 heavy (non-hydrogen) atoms. The van der Waals surface area contributed by atoms with Crippen LogP contribution in [0.25, 0.3) is 0 Å². The van der Waals surface area contributed by atoms with Gasteiger partial charge in [-0.3, -0.25) is 9.89 Å². The minimum absolute atomic E-state index is 0.790. The van der Waals surface area contributed by atoms with Crippen molar-refractivity contribution in [3.05, 3.63) is 0 Å². The standard InChI is InChI=1S/C6H10N4S/c11-6-9-3-4-10(6)5-7-1-2-8-5/h1-4H2,(H,7,8)(H,9,11). The quantitative estimate of drug-likeness (QED) is 0.464. The molecule has 0 radical (unpaired) electrons. The topological polar surface area (TPSA) is 39.7 Å².